The van der Waals surface area contributed by atoms with E-state index in [-0.39, 0.29) is 22.7 Å². The predicted octanol–water partition coefficient (Wildman–Crippen LogP) is 5.73. The summed E-state index contributed by atoms with van der Waals surface area (Å²) in [4.78, 5) is 6.40. The van der Waals surface area contributed by atoms with Crippen LogP contribution in [0.5, 0.6) is 11.5 Å². The highest BCUT2D eigenvalue weighted by Gasteiger charge is 2.50. The zero-order chi connectivity index (χ0) is 31.1. The second-order valence-corrected chi connectivity index (χ2v) is 13.6. The Labute approximate surface area is 255 Å². The molecule has 232 valence electrons. The maximum Gasteiger partial charge on any atom is 0.271 e. The average molecular weight is 639 g/mol. The van der Waals surface area contributed by atoms with Crippen LogP contribution in [0.3, 0.4) is 0 Å². The number of pyridine rings is 1. The van der Waals surface area contributed by atoms with Crippen LogP contribution < -0.4 is 18.7 Å². The van der Waals surface area contributed by atoms with Crippen LogP contribution in [0, 0.1) is 28.9 Å². The first kappa shape index (κ1) is 31.2. The van der Waals surface area contributed by atoms with Crippen LogP contribution in [-0.4, -0.2) is 66.3 Å². The summed E-state index contributed by atoms with van der Waals surface area (Å²) < 4.78 is 85.5. The SMILES string of the molecule is COc1ccc(CN(c2cccc(F)n2)S(=O)(=O)c2c(F)cc(N3CCC(CN(C)C)(C4CC4)C3)c(Cl)c2F)c(OC)c1. The lowest BCUT2D eigenvalue weighted by Crippen LogP contribution is -2.38. The van der Waals surface area contributed by atoms with Crippen molar-refractivity contribution in [3.05, 3.63) is 70.6 Å². The van der Waals surface area contributed by atoms with Crippen molar-refractivity contribution in [2.45, 2.75) is 30.7 Å². The van der Waals surface area contributed by atoms with Gasteiger partial charge in [0, 0.05) is 42.7 Å². The normalized spacial score (nSPS) is 18.8. The highest BCUT2D eigenvalue weighted by molar-refractivity contribution is 7.92. The van der Waals surface area contributed by atoms with Crippen molar-refractivity contribution >= 4 is 33.1 Å². The topological polar surface area (TPSA) is 75.2 Å². The molecule has 0 amide bonds. The van der Waals surface area contributed by atoms with Crippen molar-refractivity contribution in [1.82, 2.24) is 9.88 Å². The molecule has 0 spiro atoms. The van der Waals surface area contributed by atoms with Gasteiger partial charge in [-0.25, -0.2) is 26.5 Å². The molecule has 1 atom stereocenters. The van der Waals surface area contributed by atoms with Crippen molar-refractivity contribution in [1.29, 1.82) is 0 Å². The largest absolute Gasteiger partial charge is 0.497 e. The van der Waals surface area contributed by atoms with Crippen LogP contribution in [0.4, 0.5) is 24.7 Å². The van der Waals surface area contributed by atoms with Gasteiger partial charge in [-0.1, -0.05) is 17.7 Å². The molecule has 2 fully saturated rings. The molecular formula is C30H34ClF3N4O4S. The van der Waals surface area contributed by atoms with Gasteiger partial charge in [-0.05, 0) is 63.5 Å². The monoisotopic (exact) mass is 638 g/mol. The summed E-state index contributed by atoms with van der Waals surface area (Å²) in [7, 11) is 1.82. The number of methoxy groups -OCH3 is 2. The number of rotatable bonds is 11. The van der Waals surface area contributed by atoms with Gasteiger partial charge in [-0.15, -0.1) is 0 Å². The molecule has 3 aromatic rings. The van der Waals surface area contributed by atoms with Gasteiger partial charge >= 0.3 is 0 Å². The third kappa shape index (κ3) is 6.09. The van der Waals surface area contributed by atoms with E-state index in [2.05, 4.69) is 9.88 Å². The van der Waals surface area contributed by atoms with E-state index in [0.717, 1.165) is 37.9 Å². The summed E-state index contributed by atoms with van der Waals surface area (Å²) in [5, 5.41) is -0.495. The lowest BCUT2D eigenvalue weighted by atomic mass is 9.81. The number of ether oxygens (including phenoxy) is 2. The summed E-state index contributed by atoms with van der Waals surface area (Å²) in [5.41, 5.74) is 0.377. The van der Waals surface area contributed by atoms with Crippen molar-refractivity contribution in [3.8, 4) is 11.5 Å². The van der Waals surface area contributed by atoms with Crippen LogP contribution >= 0.6 is 11.6 Å². The molecule has 0 bridgehead atoms. The molecule has 1 aromatic heterocycles. The molecule has 1 saturated carbocycles. The number of halogens is 4. The first-order valence-electron chi connectivity index (χ1n) is 13.8. The molecule has 2 aromatic carbocycles. The maximum absolute atomic E-state index is 16.0. The Kier molecular flexibility index (Phi) is 8.75. The molecule has 43 heavy (non-hydrogen) atoms. The smallest absolute Gasteiger partial charge is 0.271 e. The van der Waals surface area contributed by atoms with Gasteiger partial charge < -0.3 is 19.3 Å². The molecule has 13 heteroatoms. The van der Waals surface area contributed by atoms with E-state index < -0.39 is 44.1 Å². The van der Waals surface area contributed by atoms with Crippen molar-refractivity contribution in [3.63, 3.8) is 0 Å². The predicted molar refractivity (Wildman–Crippen MR) is 159 cm³/mol. The van der Waals surface area contributed by atoms with Gasteiger partial charge in [0.2, 0.25) is 5.95 Å². The van der Waals surface area contributed by atoms with Crippen molar-refractivity contribution in [2.24, 2.45) is 11.3 Å². The van der Waals surface area contributed by atoms with Gasteiger partial charge in [0.25, 0.3) is 10.0 Å². The van der Waals surface area contributed by atoms with E-state index in [0.29, 0.717) is 34.6 Å². The summed E-state index contributed by atoms with van der Waals surface area (Å²) in [6, 6.07) is 9.12. The van der Waals surface area contributed by atoms with Crippen LogP contribution in [0.2, 0.25) is 5.02 Å². The van der Waals surface area contributed by atoms with Crippen LogP contribution in [0.1, 0.15) is 24.8 Å². The number of nitrogens with zero attached hydrogens (tertiary/aromatic N) is 4. The molecular weight excluding hydrogens is 605 g/mol. The van der Waals surface area contributed by atoms with Crippen LogP contribution in [0.15, 0.2) is 47.4 Å². The lowest BCUT2D eigenvalue weighted by Gasteiger charge is -2.33. The molecule has 8 nitrogen and oxygen atoms in total. The standard InChI is InChI=1S/C30H34ClF3N4O4S/c1-36(2)17-30(20-9-10-20)12-13-37(18-30)23-15-22(32)29(28(34)27(23)31)43(39,40)38(26-7-5-6-25(33)35-26)16-19-8-11-21(41-3)14-24(19)42-4/h5-8,11,14-15,20H,9-10,12-13,16-18H2,1-4H3. The summed E-state index contributed by atoms with van der Waals surface area (Å²) >= 11 is 6.48. The van der Waals surface area contributed by atoms with Gasteiger partial charge in [0.15, 0.2) is 10.7 Å². The fourth-order valence-electron chi connectivity index (χ4n) is 6.12. The van der Waals surface area contributed by atoms with Gasteiger partial charge in [0.1, 0.15) is 28.2 Å². The minimum atomic E-state index is -5.02. The molecule has 2 heterocycles. The number of aromatic nitrogens is 1. The van der Waals surface area contributed by atoms with Crippen molar-refractivity contribution in [2.75, 3.05) is 57.2 Å². The minimum absolute atomic E-state index is 0.0399. The van der Waals surface area contributed by atoms with E-state index in [1.54, 1.807) is 6.07 Å². The fraction of sp³-hybridized carbons (Fsp3) is 0.433. The van der Waals surface area contributed by atoms with E-state index in [1.165, 1.54) is 38.5 Å². The Hall–Kier alpha value is -3.22. The summed E-state index contributed by atoms with van der Waals surface area (Å²) in [6.45, 7) is 1.43. The van der Waals surface area contributed by atoms with E-state index in [9.17, 15) is 12.8 Å². The Morgan fingerprint density at radius 3 is 2.47 bits per heavy atom. The number of benzene rings is 2. The average Bonchev–Trinajstić information content (AvgIpc) is 3.74. The summed E-state index contributed by atoms with van der Waals surface area (Å²) in [6.07, 6.45) is 3.05. The molecule has 1 saturated heterocycles. The van der Waals surface area contributed by atoms with E-state index in [1.807, 2.05) is 19.0 Å². The number of sulfonamides is 1. The number of anilines is 2. The molecule has 2 aliphatic rings. The first-order valence-corrected chi connectivity index (χ1v) is 15.7. The number of hydrogen-bond acceptors (Lipinski definition) is 7. The fourth-order valence-corrected chi connectivity index (χ4v) is 7.96. The Morgan fingerprint density at radius 1 is 1.09 bits per heavy atom. The summed E-state index contributed by atoms with van der Waals surface area (Å²) in [5.74, 6) is -2.87. The zero-order valence-corrected chi connectivity index (χ0v) is 26.0. The molecule has 1 unspecified atom stereocenters. The number of hydrogen-bond donors (Lipinski definition) is 0. The van der Waals surface area contributed by atoms with Crippen LogP contribution in [0.25, 0.3) is 0 Å². The molecule has 1 aliphatic carbocycles. The highest BCUT2D eigenvalue weighted by Crippen LogP contribution is 2.52. The molecule has 0 N–H and O–H groups in total. The Bertz CT molecular complexity index is 1620. The third-order valence-electron chi connectivity index (χ3n) is 8.21. The van der Waals surface area contributed by atoms with Crippen LogP contribution in [-0.2, 0) is 16.6 Å². The maximum atomic E-state index is 16.0. The first-order chi connectivity index (χ1) is 20.4. The van der Waals surface area contributed by atoms with Gasteiger partial charge in [-0.3, -0.25) is 0 Å². The minimum Gasteiger partial charge on any atom is -0.497 e. The van der Waals surface area contributed by atoms with E-state index >= 15 is 8.78 Å². The quantitative estimate of drug-likeness (QED) is 0.196. The molecule has 0 radical (unpaired) electrons. The van der Waals surface area contributed by atoms with E-state index in [4.69, 9.17) is 21.1 Å². The lowest BCUT2D eigenvalue weighted by molar-refractivity contribution is 0.188. The Morgan fingerprint density at radius 2 is 1.84 bits per heavy atom. The molecule has 1 aliphatic heterocycles. The second kappa shape index (κ2) is 12.0. The van der Waals surface area contributed by atoms with Gasteiger partial charge in [-0.2, -0.15) is 4.39 Å². The molecule has 5 rings (SSSR count). The zero-order valence-electron chi connectivity index (χ0n) is 24.4. The van der Waals surface area contributed by atoms with Gasteiger partial charge in [0.05, 0.1) is 26.5 Å². The second-order valence-electron chi connectivity index (χ2n) is 11.4. The third-order valence-corrected chi connectivity index (χ3v) is 10.4. The Balaban J connectivity index is 1.55. The highest BCUT2D eigenvalue weighted by atomic mass is 35.5. The van der Waals surface area contributed by atoms with Crippen molar-refractivity contribution < 1.29 is 31.1 Å².